The molecule has 2 N–H and O–H groups in total. The molecule has 4 rings (SSSR count). The Hall–Kier alpha value is -3.85. The first-order chi connectivity index (χ1) is 17.1. The second-order valence-electron chi connectivity index (χ2n) is 7.64. The van der Waals surface area contributed by atoms with Gasteiger partial charge in [0.15, 0.2) is 11.0 Å². The van der Waals surface area contributed by atoms with Crippen molar-refractivity contribution in [3.8, 4) is 11.4 Å². The highest BCUT2D eigenvalue weighted by molar-refractivity contribution is 7.99. The highest BCUT2D eigenvalue weighted by atomic mass is 32.2. The molecular formula is C26H26FN5O2S. The van der Waals surface area contributed by atoms with E-state index in [9.17, 15) is 9.18 Å². The van der Waals surface area contributed by atoms with Crippen LogP contribution < -0.4 is 15.4 Å². The van der Waals surface area contributed by atoms with Crippen LogP contribution >= 0.6 is 11.8 Å². The Kier molecular flexibility index (Phi) is 7.99. The van der Waals surface area contributed by atoms with Gasteiger partial charge in [0.25, 0.3) is 0 Å². The summed E-state index contributed by atoms with van der Waals surface area (Å²) in [6.45, 7) is 2.41. The Morgan fingerprint density at radius 3 is 2.63 bits per heavy atom. The topological polar surface area (TPSA) is 81.1 Å². The molecule has 0 fully saturated rings. The van der Waals surface area contributed by atoms with Crippen LogP contribution in [-0.2, 0) is 17.8 Å². The van der Waals surface area contributed by atoms with Crippen molar-refractivity contribution in [3.05, 3.63) is 90.0 Å². The number of para-hydroxylation sites is 1. The molecule has 0 aliphatic heterocycles. The monoisotopic (exact) mass is 491 g/mol. The van der Waals surface area contributed by atoms with Crippen molar-refractivity contribution in [1.29, 1.82) is 0 Å². The van der Waals surface area contributed by atoms with Gasteiger partial charge in [-0.15, -0.1) is 10.2 Å². The summed E-state index contributed by atoms with van der Waals surface area (Å²) >= 11 is 1.30. The van der Waals surface area contributed by atoms with Crippen molar-refractivity contribution in [2.45, 2.75) is 25.0 Å². The van der Waals surface area contributed by atoms with Gasteiger partial charge in [-0.25, -0.2) is 4.39 Å². The van der Waals surface area contributed by atoms with Gasteiger partial charge in [-0.2, -0.15) is 0 Å². The Balaban J connectivity index is 1.53. The lowest BCUT2D eigenvalue weighted by Gasteiger charge is -2.13. The molecule has 1 heterocycles. The van der Waals surface area contributed by atoms with Crippen LogP contribution in [0.3, 0.4) is 0 Å². The van der Waals surface area contributed by atoms with Gasteiger partial charge in [0, 0.05) is 17.4 Å². The largest absolute Gasteiger partial charge is 0.497 e. The summed E-state index contributed by atoms with van der Waals surface area (Å²) in [7, 11) is 1.61. The third-order valence-electron chi connectivity index (χ3n) is 5.31. The van der Waals surface area contributed by atoms with E-state index in [1.165, 1.54) is 23.9 Å². The zero-order chi connectivity index (χ0) is 24.6. The fourth-order valence-electron chi connectivity index (χ4n) is 3.53. The van der Waals surface area contributed by atoms with E-state index in [0.717, 1.165) is 29.0 Å². The lowest BCUT2D eigenvalue weighted by molar-refractivity contribution is -0.113. The number of nitrogens with zero attached hydrogens (tertiary/aromatic N) is 3. The summed E-state index contributed by atoms with van der Waals surface area (Å²) in [5.41, 5.74) is 3.47. The number of nitrogens with one attached hydrogen (secondary N) is 2. The number of amides is 1. The van der Waals surface area contributed by atoms with Gasteiger partial charge in [0.05, 0.1) is 25.1 Å². The number of carbonyl (C=O) groups excluding carboxylic acids is 1. The van der Waals surface area contributed by atoms with Gasteiger partial charge in [0.1, 0.15) is 11.6 Å². The van der Waals surface area contributed by atoms with Gasteiger partial charge in [0.2, 0.25) is 5.91 Å². The Morgan fingerprint density at radius 2 is 1.86 bits per heavy atom. The van der Waals surface area contributed by atoms with Crippen molar-refractivity contribution in [1.82, 2.24) is 14.8 Å². The maximum absolute atomic E-state index is 13.2. The fraction of sp³-hybridized carbons (Fsp3) is 0.192. The number of ether oxygens (including phenoxy) is 1. The Morgan fingerprint density at radius 1 is 1.06 bits per heavy atom. The summed E-state index contributed by atoms with van der Waals surface area (Å²) in [6, 6.07) is 21.4. The molecule has 7 nitrogen and oxygen atoms in total. The molecule has 4 aromatic rings. The average Bonchev–Trinajstić information content (AvgIpc) is 3.30. The number of thioether (sulfide) groups is 1. The first-order valence-electron chi connectivity index (χ1n) is 11.2. The number of rotatable bonds is 10. The third kappa shape index (κ3) is 6.19. The molecular weight excluding hydrogens is 465 g/mol. The molecule has 0 saturated carbocycles. The van der Waals surface area contributed by atoms with Crippen molar-refractivity contribution in [2.75, 3.05) is 23.5 Å². The van der Waals surface area contributed by atoms with Crippen LogP contribution in [0.2, 0.25) is 0 Å². The van der Waals surface area contributed by atoms with Gasteiger partial charge in [-0.3, -0.25) is 9.36 Å². The van der Waals surface area contributed by atoms with E-state index >= 15 is 0 Å². The van der Waals surface area contributed by atoms with Crippen molar-refractivity contribution in [3.63, 3.8) is 0 Å². The summed E-state index contributed by atoms with van der Waals surface area (Å²) in [5, 5.41) is 15.5. The number of aryl methyl sites for hydroxylation is 1. The highest BCUT2D eigenvalue weighted by Gasteiger charge is 2.17. The minimum absolute atomic E-state index is 0.123. The molecule has 1 amide bonds. The molecule has 1 aromatic heterocycles. The second kappa shape index (κ2) is 11.5. The summed E-state index contributed by atoms with van der Waals surface area (Å²) in [4.78, 5) is 12.7. The lowest BCUT2D eigenvalue weighted by atomic mass is 10.1. The van der Waals surface area contributed by atoms with E-state index in [1.54, 1.807) is 19.2 Å². The lowest BCUT2D eigenvalue weighted by Crippen LogP contribution is -2.16. The zero-order valence-corrected chi connectivity index (χ0v) is 20.3. The highest BCUT2D eigenvalue weighted by Crippen LogP contribution is 2.26. The Labute approximate surface area is 207 Å². The van der Waals surface area contributed by atoms with Crippen LogP contribution in [0.5, 0.6) is 5.75 Å². The van der Waals surface area contributed by atoms with E-state index in [-0.39, 0.29) is 17.5 Å². The average molecular weight is 492 g/mol. The van der Waals surface area contributed by atoms with E-state index < -0.39 is 0 Å². The first kappa shape index (κ1) is 24.3. The van der Waals surface area contributed by atoms with Crippen LogP contribution in [0.1, 0.15) is 18.3 Å². The maximum Gasteiger partial charge on any atom is 0.234 e. The number of methoxy groups -OCH3 is 1. The first-order valence-corrected chi connectivity index (χ1v) is 12.1. The fourth-order valence-corrected chi connectivity index (χ4v) is 4.30. The van der Waals surface area contributed by atoms with Crippen molar-refractivity contribution in [2.24, 2.45) is 0 Å². The van der Waals surface area contributed by atoms with E-state index in [1.807, 2.05) is 53.1 Å². The van der Waals surface area contributed by atoms with Crippen molar-refractivity contribution < 1.29 is 13.9 Å². The molecule has 0 atom stereocenters. The molecule has 0 spiro atoms. The number of benzene rings is 3. The minimum Gasteiger partial charge on any atom is -0.497 e. The number of hydrogen-bond acceptors (Lipinski definition) is 6. The molecule has 3 aromatic carbocycles. The molecule has 0 saturated heterocycles. The zero-order valence-electron chi connectivity index (χ0n) is 19.5. The summed E-state index contributed by atoms with van der Waals surface area (Å²) < 4.78 is 20.5. The van der Waals surface area contributed by atoms with Crippen LogP contribution in [0, 0.1) is 5.82 Å². The third-order valence-corrected chi connectivity index (χ3v) is 6.24. The van der Waals surface area contributed by atoms with Gasteiger partial charge >= 0.3 is 0 Å². The standard InChI is InChI=1S/C26H26FN5O2S/c1-3-18-7-4-5-10-23(18)29-25(33)17-35-26-31-30-24(16-28-20-13-11-19(27)12-14-20)32(26)21-8-6-9-22(15-21)34-2/h4-15,28H,3,16-17H2,1-2H3,(H,29,33). The summed E-state index contributed by atoms with van der Waals surface area (Å²) in [6.07, 6.45) is 0.832. The van der Waals surface area contributed by atoms with Crippen LogP contribution in [0.15, 0.2) is 78.0 Å². The molecule has 9 heteroatoms. The number of aromatic nitrogens is 3. The molecule has 0 aliphatic rings. The van der Waals surface area contributed by atoms with Crippen LogP contribution in [0.4, 0.5) is 15.8 Å². The molecule has 0 aliphatic carbocycles. The molecule has 180 valence electrons. The number of anilines is 2. The summed E-state index contributed by atoms with van der Waals surface area (Å²) in [5.74, 6) is 1.09. The van der Waals surface area contributed by atoms with Crippen molar-refractivity contribution >= 4 is 29.0 Å². The minimum atomic E-state index is -0.298. The number of carbonyl (C=O) groups is 1. The van der Waals surface area contributed by atoms with E-state index in [2.05, 4.69) is 27.8 Å². The van der Waals surface area contributed by atoms with Crippen LogP contribution in [0.25, 0.3) is 5.69 Å². The molecule has 0 radical (unpaired) electrons. The Bertz CT molecular complexity index is 1290. The predicted octanol–water partition coefficient (Wildman–Crippen LogP) is 5.32. The SMILES string of the molecule is CCc1ccccc1NC(=O)CSc1nnc(CNc2ccc(F)cc2)n1-c1cccc(OC)c1. The predicted molar refractivity (Wildman–Crippen MR) is 137 cm³/mol. The van der Waals surface area contributed by atoms with Crippen LogP contribution in [-0.4, -0.2) is 33.5 Å². The number of halogens is 1. The normalized spacial score (nSPS) is 10.7. The molecule has 0 bridgehead atoms. The second-order valence-corrected chi connectivity index (χ2v) is 8.59. The van der Waals surface area contributed by atoms with E-state index in [4.69, 9.17) is 4.74 Å². The number of hydrogen-bond donors (Lipinski definition) is 2. The van der Waals surface area contributed by atoms with Gasteiger partial charge in [-0.05, 0) is 54.4 Å². The maximum atomic E-state index is 13.2. The molecule has 0 unspecified atom stereocenters. The van der Waals surface area contributed by atoms with E-state index in [0.29, 0.717) is 23.3 Å². The van der Waals surface area contributed by atoms with Gasteiger partial charge in [-0.1, -0.05) is 43.0 Å². The van der Waals surface area contributed by atoms with Gasteiger partial charge < -0.3 is 15.4 Å². The smallest absolute Gasteiger partial charge is 0.234 e. The molecule has 35 heavy (non-hydrogen) atoms. The quantitative estimate of drug-likeness (QED) is 0.292.